The summed E-state index contributed by atoms with van der Waals surface area (Å²) in [5.74, 6) is 0. The van der Waals surface area contributed by atoms with Crippen molar-refractivity contribution < 1.29 is 17.9 Å². The first kappa shape index (κ1) is 16.5. The van der Waals surface area contributed by atoms with E-state index >= 15 is 0 Å². The molecule has 1 atom stereocenters. The minimum atomic E-state index is -3.22. The van der Waals surface area contributed by atoms with E-state index < -0.39 is 9.84 Å². The van der Waals surface area contributed by atoms with Gasteiger partial charge in [0.05, 0.1) is 4.90 Å². The third-order valence-corrected chi connectivity index (χ3v) is 3.80. The lowest BCUT2D eigenvalue weighted by Gasteiger charge is -2.14. The van der Waals surface area contributed by atoms with Crippen molar-refractivity contribution in [2.45, 2.75) is 24.3 Å². The monoisotopic (exact) mass is 300 g/mol. The highest BCUT2D eigenvalue weighted by Gasteiger charge is 2.09. The van der Waals surface area contributed by atoms with Crippen molar-refractivity contribution in [3.8, 4) is 0 Å². The van der Waals surface area contributed by atoms with E-state index in [9.17, 15) is 13.2 Å². The van der Waals surface area contributed by atoms with E-state index in [1.165, 1.54) is 12.1 Å². The fourth-order valence-corrected chi connectivity index (χ4v) is 2.17. The van der Waals surface area contributed by atoms with E-state index in [0.717, 1.165) is 12.7 Å². The lowest BCUT2D eigenvalue weighted by atomic mass is 10.2. The molecule has 0 aliphatic heterocycles. The number of benzene rings is 1. The van der Waals surface area contributed by atoms with Crippen LogP contribution in [0.15, 0.2) is 29.2 Å². The van der Waals surface area contributed by atoms with Crippen molar-refractivity contribution in [3.63, 3.8) is 0 Å². The van der Waals surface area contributed by atoms with Gasteiger partial charge >= 0.3 is 6.03 Å². The summed E-state index contributed by atoms with van der Waals surface area (Å²) in [5.41, 5.74) is 0.536. The second-order valence-corrected chi connectivity index (χ2v) is 6.59. The maximum Gasteiger partial charge on any atom is 0.319 e. The van der Waals surface area contributed by atoms with Gasteiger partial charge in [-0.15, -0.1) is 0 Å². The van der Waals surface area contributed by atoms with Crippen LogP contribution in [0.3, 0.4) is 0 Å². The summed E-state index contributed by atoms with van der Waals surface area (Å²) < 4.78 is 27.5. The Labute approximate surface area is 119 Å². The third-order valence-electron chi connectivity index (χ3n) is 2.67. The van der Waals surface area contributed by atoms with Gasteiger partial charge in [0, 0.05) is 31.7 Å². The molecule has 2 N–H and O–H groups in total. The Kier molecular flexibility index (Phi) is 5.97. The van der Waals surface area contributed by atoms with E-state index in [2.05, 4.69) is 10.6 Å². The van der Waals surface area contributed by atoms with E-state index in [4.69, 9.17) is 4.74 Å². The molecule has 0 spiro atoms. The lowest BCUT2D eigenvalue weighted by Crippen LogP contribution is -2.36. The Morgan fingerprint density at radius 3 is 2.40 bits per heavy atom. The van der Waals surface area contributed by atoms with Gasteiger partial charge in [-0.25, -0.2) is 13.2 Å². The smallest absolute Gasteiger partial charge is 0.319 e. The molecule has 20 heavy (non-hydrogen) atoms. The highest BCUT2D eigenvalue weighted by molar-refractivity contribution is 7.90. The molecule has 0 aliphatic rings. The fourth-order valence-electron chi connectivity index (χ4n) is 1.54. The first-order valence-electron chi connectivity index (χ1n) is 6.19. The standard InChI is InChI=1S/C13H20N2O4S/c1-10(8-9-19-2)14-13(16)15-11-4-6-12(7-5-11)20(3,17)18/h4-7,10H,8-9H2,1-3H3,(H2,14,15,16). The van der Waals surface area contributed by atoms with Gasteiger partial charge in [0.25, 0.3) is 0 Å². The van der Waals surface area contributed by atoms with Crippen LogP contribution < -0.4 is 10.6 Å². The van der Waals surface area contributed by atoms with Gasteiger partial charge in [-0.2, -0.15) is 0 Å². The van der Waals surface area contributed by atoms with Crippen LogP contribution >= 0.6 is 0 Å². The molecule has 1 aromatic carbocycles. The number of hydrogen-bond donors (Lipinski definition) is 2. The molecular formula is C13H20N2O4S. The van der Waals surface area contributed by atoms with Gasteiger partial charge in [-0.3, -0.25) is 0 Å². The molecular weight excluding hydrogens is 280 g/mol. The maximum atomic E-state index is 11.7. The Morgan fingerprint density at radius 1 is 1.30 bits per heavy atom. The van der Waals surface area contributed by atoms with Gasteiger partial charge in [-0.1, -0.05) is 0 Å². The zero-order valence-corrected chi connectivity index (χ0v) is 12.7. The molecule has 7 heteroatoms. The number of ether oxygens (including phenoxy) is 1. The average Bonchev–Trinajstić information content (AvgIpc) is 2.35. The van der Waals surface area contributed by atoms with E-state index in [1.54, 1.807) is 19.2 Å². The molecule has 112 valence electrons. The summed E-state index contributed by atoms with van der Waals surface area (Å²) in [6.07, 6.45) is 1.86. The SMILES string of the molecule is COCCC(C)NC(=O)Nc1ccc(S(C)(=O)=O)cc1. The Bertz CT molecular complexity index is 540. The van der Waals surface area contributed by atoms with Gasteiger partial charge in [0.1, 0.15) is 0 Å². The molecule has 1 unspecified atom stereocenters. The van der Waals surface area contributed by atoms with Crippen LogP contribution in [-0.4, -0.2) is 40.5 Å². The number of rotatable bonds is 6. The largest absolute Gasteiger partial charge is 0.385 e. The van der Waals surface area contributed by atoms with Gasteiger partial charge < -0.3 is 15.4 Å². The first-order valence-corrected chi connectivity index (χ1v) is 8.08. The number of anilines is 1. The molecule has 1 aromatic rings. The van der Waals surface area contributed by atoms with Crippen LogP contribution in [0.1, 0.15) is 13.3 Å². The number of methoxy groups -OCH3 is 1. The van der Waals surface area contributed by atoms with E-state index in [1.807, 2.05) is 6.92 Å². The summed E-state index contributed by atoms with van der Waals surface area (Å²) >= 11 is 0. The van der Waals surface area contributed by atoms with Crippen molar-refractivity contribution in [2.24, 2.45) is 0 Å². The topological polar surface area (TPSA) is 84.5 Å². The Balaban J connectivity index is 2.54. The Hall–Kier alpha value is -1.60. The van der Waals surface area contributed by atoms with E-state index in [0.29, 0.717) is 12.3 Å². The summed E-state index contributed by atoms with van der Waals surface area (Å²) in [4.78, 5) is 11.9. The number of nitrogens with one attached hydrogen (secondary N) is 2. The van der Waals surface area contributed by atoms with Gasteiger partial charge in [0.2, 0.25) is 0 Å². The molecule has 0 aromatic heterocycles. The van der Waals surface area contributed by atoms with Crippen LogP contribution in [0.2, 0.25) is 0 Å². The maximum absolute atomic E-state index is 11.7. The number of sulfone groups is 1. The molecule has 0 bridgehead atoms. The molecule has 2 amide bonds. The van der Waals surface area contributed by atoms with Crippen molar-refractivity contribution >= 4 is 21.6 Å². The number of hydrogen-bond acceptors (Lipinski definition) is 4. The van der Waals surface area contributed by atoms with Crippen molar-refractivity contribution in [1.82, 2.24) is 5.32 Å². The summed E-state index contributed by atoms with van der Waals surface area (Å²) in [7, 11) is -1.61. The molecule has 6 nitrogen and oxygen atoms in total. The number of carbonyl (C=O) groups is 1. The minimum absolute atomic E-state index is 0.00903. The quantitative estimate of drug-likeness (QED) is 0.836. The normalized spacial score (nSPS) is 12.8. The van der Waals surface area contributed by atoms with Crippen LogP contribution in [0, 0.1) is 0 Å². The molecule has 0 saturated heterocycles. The highest BCUT2D eigenvalue weighted by atomic mass is 32.2. The summed E-state index contributed by atoms with van der Waals surface area (Å²) in [5, 5.41) is 5.40. The number of carbonyl (C=O) groups excluding carboxylic acids is 1. The molecule has 0 radical (unpaired) electrons. The van der Waals surface area contributed by atoms with Crippen LogP contribution in [0.4, 0.5) is 10.5 Å². The van der Waals surface area contributed by atoms with E-state index in [-0.39, 0.29) is 17.0 Å². The molecule has 0 saturated carbocycles. The lowest BCUT2D eigenvalue weighted by molar-refractivity contribution is 0.185. The van der Waals surface area contributed by atoms with Crippen molar-refractivity contribution in [2.75, 3.05) is 25.3 Å². The van der Waals surface area contributed by atoms with Gasteiger partial charge in [-0.05, 0) is 37.6 Å². The zero-order valence-electron chi connectivity index (χ0n) is 11.8. The third kappa shape index (κ3) is 5.58. The van der Waals surface area contributed by atoms with Crippen LogP contribution in [0.25, 0.3) is 0 Å². The van der Waals surface area contributed by atoms with Crippen LogP contribution in [-0.2, 0) is 14.6 Å². The summed E-state index contributed by atoms with van der Waals surface area (Å²) in [6.45, 7) is 2.45. The van der Waals surface area contributed by atoms with Crippen molar-refractivity contribution in [1.29, 1.82) is 0 Å². The predicted octanol–water partition coefficient (Wildman–Crippen LogP) is 1.64. The molecule has 0 heterocycles. The zero-order chi connectivity index (χ0) is 15.2. The molecule has 0 fully saturated rings. The average molecular weight is 300 g/mol. The van der Waals surface area contributed by atoms with Crippen molar-refractivity contribution in [3.05, 3.63) is 24.3 Å². The number of urea groups is 1. The molecule has 0 aliphatic carbocycles. The summed E-state index contributed by atoms with van der Waals surface area (Å²) in [6, 6.07) is 5.68. The highest BCUT2D eigenvalue weighted by Crippen LogP contribution is 2.13. The first-order chi connectivity index (χ1) is 9.32. The molecule has 1 rings (SSSR count). The fraction of sp³-hybridized carbons (Fsp3) is 0.462. The van der Waals surface area contributed by atoms with Gasteiger partial charge in [0.15, 0.2) is 9.84 Å². The second-order valence-electron chi connectivity index (χ2n) is 4.58. The minimum Gasteiger partial charge on any atom is -0.385 e. The predicted molar refractivity (Wildman–Crippen MR) is 77.7 cm³/mol. The Morgan fingerprint density at radius 2 is 1.90 bits per heavy atom. The second kappa shape index (κ2) is 7.25. The van der Waals surface area contributed by atoms with Crippen LogP contribution in [0.5, 0.6) is 0 Å². The number of amides is 2.